The molecule has 0 aromatic carbocycles. The van der Waals surface area contributed by atoms with Crippen molar-refractivity contribution in [2.24, 2.45) is 0 Å². The molecule has 0 aliphatic carbocycles. The van der Waals surface area contributed by atoms with Crippen molar-refractivity contribution in [3.8, 4) is 0 Å². The number of amides is 1. The second-order valence-corrected chi connectivity index (χ2v) is 18.6. The zero-order valence-electron chi connectivity index (χ0n) is 39.6. The number of aliphatic hydroxyl groups is 1. The normalized spacial score (nSPS) is 13.4. The van der Waals surface area contributed by atoms with Crippen LogP contribution >= 0.6 is 7.82 Å². The van der Waals surface area contributed by atoms with Crippen molar-refractivity contribution in [2.75, 3.05) is 26.4 Å². The van der Waals surface area contributed by atoms with E-state index in [4.69, 9.17) is 13.8 Å². The summed E-state index contributed by atoms with van der Waals surface area (Å²) in [5, 5.41) is 12.7. The Morgan fingerprint density at radius 2 is 0.885 bits per heavy atom. The van der Waals surface area contributed by atoms with Crippen LogP contribution in [0.3, 0.4) is 0 Å². The summed E-state index contributed by atoms with van der Waals surface area (Å²) in [4.78, 5) is 34.1. The number of nitrogens with one attached hydrogen (secondary N) is 1. The Balaban J connectivity index is 3.55. The molecule has 0 aliphatic heterocycles. The molecule has 0 radical (unpaired) electrons. The fourth-order valence-corrected chi connectivity index (χ4v) is 7.93. The van der Waals surface area contributed by atoms with Gasteiger partial charge in [0.15, 0.2) is 0 Å². The van der Waals surface area contributed by atoms with Crippen LogP contribution in [0, 0.1) is 0 Å². The lowest BCUT2D eigenvalue weighted by Crippen LogP contribution is -2.27. The SMILES string of the molecule is CCCCC/C=C\C/C=C\CCCCCCCCCCCCCC(=O)OCC(O)COP(=O)(O)OCCNC(=O)CCCCCCCCCCC/C=C/CCCCCCCC. The topological polar surface area (TPSA) is 131 Å². The number of carbonyl (C=O) groups excluding carboxylic acids is 2. The van der Waals surface area contributed by atoms with Crippen molar-refractivity contribution in [1.29, 1.82) is 0 Å². The fraction of sp³-hybridized carbons (Fsp3) is 0.843. The van der Waals surface area contributed by atoms with E-state index in [9.17, 15) is 24.2 Å². The number of esters is 1. The lowest BCUT2D eigenvalue weighted by atomic mass is 10.0. The van der Waals surface area contributed by atoms with Crippen molar-refractivity contribution in [1.82, 2.24) is 5.32 Å². The van der Waals surface area contributed by atoms with Gasteiger partial charge in [-0.15, -0.1) is 0 Å². The van der Waals surface area contributed by atoms with Gasteiger partial charge >= 0.3 is 13.8 Å². The number of phosphoric acid groups is 1. The summed E-state index contributed by atoms with van der Waals surface area (Å²) in [6.45, 7) is 3.56. The van der Waals surface area contributed by atoms with Gasteiger partial charge in [0, 0.05) is 19.4 Å². The van der Waals surface area contributed by atoms with E-state index in [2.05, 4.69) is 55.6 Å². The van der Waals surface area contributed by atoms with Gasteiger partial charge in [0.05, 0.1) is 13.2 Å². The molecule has 2 unspecified atom stereocenters. The number of carbonyl (C=O) groups is 2. The maximum atomic E-state index is 12.1. The van der Waals surface area contributed by atoms with E-state index in [1.54, 1.807) is 0 Å². The van der Waals surface area contributed by atoms with Gasteiger partial charge in [-0.3, -0.25) is 18.6 Å². The smallest absolute Gasteiger partial charge is 0.463 e. The van der Waals surface area contributed by atoms with Crippen LogP contribution in [0.2, 0.25) is 0 Å². The summed E-state index contributed by atoms with van der Waals surface area (Å²) < 4.78 is 27.0. The molecular weight excluding hydrogens is 786 g/mol. The molecular formula is C51H96NO8P. The van der Waals surface area contributed by atoms with Crippen LogP contribution in [0.15, 0.2) is 36.5 Å². The number of hydrogen-bond donors (Lipinski definition) is 3. The largest absolute Gasteiger partial charge is 0.472 e. The van der Waals surface area contributed by atoms with Gasteiger partial charge in [0.2, 0.25) is 5.91 Å². The van der Waals surface area contributed by atoms with E-state index < -0.39 is 26.5 Å². The van der Waals surface area contributed by atoms with E-state index in [1.165, 1.54) is 173 Å². The summed E-state index contributed by atoms with van der Waals surface area (Å²) in [5.41, 5.74) is 0. The summed E-state index contributed by atoms with van der Waals surface area (Å²) in [5.74, 6) is -0.514. The molecule has 10 heteroatoms. The van der Waals surface area contributed by atoms with E-state index in [0.717, 1.165) is 44.9 Å². The van der Waals surface area contributed by atoms with E-state index in [0.29, 0.717) is 6.42 Å². The monoisotopic (exact) mass is 882 g/mol. The summed E-state index contributed by atoms with van der Waals surface area (Å²) in [7, 11) is -4.42. The molecule has 3 N–H and O–H groups in total. The number of rotatable bonds is 48. The second-order valence-electron chi connectivity index (χ2n) is 17.1. The first kappa shape index (κ1) is 59.2. The number of aliphatic hydroxyl groups excluding tert-OH is 1. The number of hydrogen-bond acceptors (Lipinski definition) is 7. The molecule has 0 bridgehead atoms. The molecule has 1 amide bonds. The maximum Gasteiger partial charge on any atom is 0.472 e. The van der Waals surface area contributed by atoms with Crippen molar-refractivity contribution >= 4 is 19.7 Å². The van der Waals surface area contributed by atoms with E-state index >= 15 is 0 Å². The molecule has 0 aromatic heterocycles. The average molecular weight is 882 g/mol. The molecule has 0 heterocycles. The molecule has 0 spiro atoms. The minimum Gasteiger partial charge on any atom is -0.463 e. The van der Waals surface area contributed by atoms with Crippen molar-refractivity contribution in [2.45, 2.75) is 251 Å². The Labute approximate surface area is 375 Å². The number of phosphoric ester groups is 1. The molecule has 0 rings (SSSR count). The molecule has 0 fully saturated rings. The quantitative estimate of drug-likeness (QED) is 0.0238. The Morgan fingerprint density at radius 3 is 1.36 bits per heavy atom. The lowest BCUT2D eigenvalue weighted by Gasteiger charge is -2.15. The van der Waals surface area contributed by atoms with Crippen LogP contribution in [0.1, 0.15) is 245 Å². The predicted molar refractivity (Wildman–Crippen MR) is 257 cm³/mol. The predicted octanol–water partition coefficient (Wildman–Crippen LogP) is 14.9. The maximum absolute atomic E-state index is 12.1. The molecule has 0 saturated carbocycles. The van der Waals surface area contributed by atoms with Crippen LogP contribution in [-0.2, 0) is 27.9 Å². The van der Waals surface area contributed by atoms with Gasteiger partial charge in [-0.1, -0.05) is 198 Å². The number of ether oxygens (including phenoxy) is 1. The van der Waals surface area contributed by atoms with Gasteiger partial charge in [-0.25, -0.2) is 4.57 Å². The standard InChI is InChI=1S/C51H96NO8P/c1-3-5-7-9-11-13-15-17-19-21-23-24-26-28-30-32-34-36-38-40-42-44-51(55)58-47-49(53)48-60-61(56,57)59-46-45-52-50(54)43-41-39-37-35-33-31-29-27-25-22-20-18-16-14-12-10-8-6-4-2/h11,13,17-20,49,53H,3-10,12,14-16,21-48H2,1-2H3,(H,52,54)(H,56,57)/b13-11-,19-17-,20-18+. The van der Waals surface area contributed by atoms with Gasteiger partial charge < -0.3 is 20.1 Å². The van der Waals surface area contributed by atoms with Crippen molar-refractivity contribution in [3.05, 3.63) is 36.5 Å². The highest BCUT2D eigenvalue weighted by Gasteiger charge is 2.23. The summed E-state index contributed by atoms with van der Waals surface area (Å²) >= 11 is 0. The highest BCUT2D eigenvalue weighted by atomic mass is 31.2. The first-order valence-corrected chi connectivity index (χ1v) is 27.0. The highest BCUT2D eigenvalue weighted by molar-refractivity contribution is 7.47. The Bertz CT molecular complexity index is 1100. The van der Waals surface area contributed by atoms with Crippen LogP contribution in [0.4, 0.5) is 0 Å². The Hall–Kier alpha value is -1.77. The fourth-order valence-electron chi connectivity index (χ4n) is 7.17. The van der Waals surface area contributed by atoms with Crippen LogP contribution in [-0.4, -0.2) is 54.3 Å². The van der Waals surface area contributed by atoms with E-state index in [1.807, 2.05) is 0 Å². The van der Waals surface area contributed by atoms with Crippen LogP contribution in [0.5, 0.6) is 0 Å². The number of allylic oxidation sites excluding steroid dienone is 6. The van der Waals surface area contributed by atoms with Crippen LogP contribution < -0.4 is 5.32 Å². The van der Waals surface area contributed by atoms with Gasteiger partial charge in [-0.2, -0.15) is 0 Å². The molecule has 2 atom stereocenters. The minimum absolute atomic E-state index is 0.0817. The molecule has 358 valence electrons. The first-order chi connectivity index (χ1) is 29.8. The van der Waals surface area contributed by atoms with E-state index in [-0.39, 0.29) is 32.1 Å². The third-order valence-corrected chi connectivity index (χ3v) is 12.0. The molecule has 0 aliphatic rings. The lowest BCUT2D eigenvalue weighted by molar-refractivity contribution is -0.147. The van der Waals surface area contributed by atoms with Gasteiger partial charge in [0.25, 0.3) is 0 Å². The van der Waals surface area contributed by atoms with Gasteiger partial charge in [-0.05, 0) is 70.6 Å². The third kappa shape index (κ3) is 49.1. The second kappa shape index (κ2) is 47.7. The highest BCUT2D eigenvalue weighted by Crippen LogP contribution is 2.42. The average Bonchev–Trinajstić information content (AvgIpc) is 3.25. The molecule has 61 heavy (non-hydrogen) atoms. The number of unbranched alkanes of at least 4 members (excludes halogenated alkanes) is 29. The minimum atomic E-state index is -4.42. The zero-order valence-corrected chi connectivity index (χ0v) is 40.5. The zero-order chi connectivity index (χ0) is 44.6. The molecule has 9 nitrogen and oxygen atoms in total. The Kier molecular flexibility index (Phi) is 46.3. The van der Waals surface area contributed by atoms with Crippen LogP contribution in [0.25, 0.3) is 0 Å². The Morgan fingerprint density at radius 1 is 0.508 bits per heavy atom. The van der Waals surface area contributed by atoms with Crippen molar-refractivity contribution in [3.63, 3.8) is 0 Å². The van der Waals surface area contributed by atoms with Gasteiger partial charge in [0.1, 0.15) is 12.7 Å². The molecule has 0 saturated heterocycles. The molecule has 0 aromatic rings. The summed E-state index contributed by atoms with van der Waals surface area (Å²) in [6.07, 6.45) is 55.1. The third-order valence-electron chi connectivity index (χ3n) is 11.0. The first-order valence-electron chi connectivity index (χ1n) is 25.5. The van der Waals surface area contributed by atoms with Crippen molar-refractivity contribution < 1.29 is 37.9 Å². The summed E-state index contributed by atoms with van der Waals surface area (Å²) in [6, 6.07) is 0.